The average Bonchev–Trinajstić information content (AvgIpc) is 3.08. The number of nitrogens with zero attached hydrogens (tertiary/aromatic N) is 2. The Kier molecular flexibility index (Phi) is 5.20. The van der Waals surface area contributed by atoms with Crippen molar-refractivity contribution in [1.82, 2.24) is 9.97 Å². The molecule has 0 saturated heterocycles. The molecule has 2 heterocycles. The second kappa shape index (κ2) is 9.08. The molecule has 0 bridgehead atoms. The van der Waals surface area contributed by atoms with E-state index in [-0.39, 0.29) is 5.41 Å². The van der Waals surface area contributed by atoms with Gasteiger partial charge in [0.15, 0.2) is 0 Å². The summed E-state index contributed by atoms with van der Waals surface area (Å²) in [5.74, 6) is 0. The van der Waals surface area contributed by atoms with Gasteiger partial charge in [-0.1, -0.05) is 147 Å². The standard InChI is InChI=1S/C42H30N2/c1-41(2)33-15-7-9-17-35(33)42(36-18-10-8-16-34(36)41,37-25-23-29-21-19-27-11-3-5-13-31(27)39(29)43-37)38-26-24-30-22-20-28-12-4-6-14-32(28)40(30)44-38/h3-26H,1-2H3. The van der Waals surface area contributed by atoms with Crippen molar-refractivity contribution in [3.05, 3.63) is 179 Å². The Balaban J connectivity index is 1.48. The van der Waals surface area contributed by atoms with Gasteiger partial charge in [0, 0.05) is 27.0 Å². The molecule has 0 N–H and O–H groups in total. The largest absolute Gasteiger partial charge is 0.250 e. The van der Waals surface area contributed by atoms with Crippen LogP contribution in [0.2, 0.25) is 0 Å². The molecule has 1 aliphatic carbocycles. The maximum Gasteiger partial charge on any atom is 0.105 e. The fourth-order valence-corrected chi connectivity index (χ4v) is 7.82. The zero-order valence-corrected chi connectivity index (χ0v) is 24.8. The number of pyridine rings is 2. The molecule has 0 atom stereocenters. The molecule has 2 aromatic heterocycles. The van der Waals surface area contributed by atoms with E-state index in [1.54, 1.807) is 0 Å². The molecule has 208 valence electrons. The lowest BCUT2D eigenvalue weighted by Crippen LogP contribution is -2.43. The Morgan fingerprint density at radius 1 is 0.364 bits per heavy atom. The van der Waals surface area contributed by atoms with Crippen LogP contribution in [0.4, 0.5) is 0 Å². The van der Waals surface area contributed by atoms with Crippen molar-refractivity contribution >= 4 is 43.4 Å². The summed E-state index contributed by atoms with van der Waals surface area (Å²) in [7, 11) is 0. The van der Waals surface area contributed by atoms with E-state index in [0.29, 0.717) is 0 Å². The fraction of sp³-hybridized carbons (Fsp3) is 0.0952. The van der Waals surface area contributed by atoms with Crippen LogP contribution in [-0.2, 0) is 10.8 Å². The first-order chi connectivity index (χ1) is 21.6. The summed E-state index contributed by atoms with van der Waals surface area (Å²) in [6.07, 6.45) is 0. The summed E-state index contributed by atoms with van der Waals surface area (Å²) in [6, 6.07) is 52.7. The minimum atomic E-state index is -0.723. The topological polar surface area (TPSA) is 25.8 Å². The molecule has 0 fully saturated rings. The highest BCUT2D eigenvalue weighted by molar-refractivity contribution is 6.06. The lowest BCUT2D eigenvalue weighted by Gasteiger charge is -2.46. The molecular formula is C42H30N2. The Labute approximate surface area is 256 Å². The predicted molar refractivity (Wildman–Crippen MR) is 182 cm³/mol. The normalized spacial score (nSPS) is 15.0. The van der Waals surface area contributed by atoms with Gasteiger partial charge in [0.25, 0.3) is 0 Å². The van der Waals surface area contributed by atoms with Gasteiger partial charge in [0.05, 0.1) is 22.4 Å². The van der Waals surface area contributed by atoms with Crippen molar-refractivity contribution < 1.29 is 0 Å². The van der Waals surface area contributed by atoms with E-state index in [2.05, 4.69) is 159 Å². The SMILES string of the molecule is CC1(C)c2ccccc2C(c2ccc3ccc4ccccc4c3n2)(c2ccc3ccc4ccccc4c3n2)c2ccccc21. The summed E-state index contributed by atoms with van der Waals surface area (Å²) < 4.78 is 0. The van der Waals surface area contributed by atoms with E-state index >= 15 is 0 Å². The quantitative estimate of drug-likeness (QED) is 0.196. The van der Waals surface area contributed by atoms with Gasteiger partial charge in [-0.25, -0.2) is 0 Å². The van der Waals surface area contributed by atoms with Gasteiger partial charge in [-0.05, 0) is 45.2 Å². The van der Waals surface area contributed by atoms with Gasteiger partial charge in [-0.3, -0.25) is 9.97 Å². The molecule has 0 unspecified atom stereocenters. The Hall–Kier alpha value is -5.34. The van der Waals surface area contributed by atoms with Gasteiger partial charge >= 0.3 is 0 Å². The minimum Gasteiger partial charge on any atom is -0.250 e. The second-order valence-corrected chi connectivity index (χ2v) is 12.6. The number of benzene rings is 6. The van der Waals surface area contributed by atoms with Crippen LogP contribution in [0.5, 0.6) is 0 Å². The van der Waals surface area contributed by atoms with Crippen LogP contribution in [0.1, 0.15) is 47.5 Å². The monoisotopic (exact) mass is 562 g/mol. The maximum absolute atomic E-state index is 5.62. The van der Waals surface area contributed by atoms with E-state index in [0.717, 1.165) is 44.0 Å². The molecular weight excluding hydrogens is 532 g/mol. The first-order valence-corrected chi connectivity index (χ1v) is 15.3. The lowest BCUT2D eigenvalue weighted by molar-refractivity contribution is 0.547. The summed E-state index contributed by atoms with van der Waals surface area (Å²) in [6.45, 7) is 4.69. The van der Waals surface area contributed by atoms with Gasteiger partial charge in [0.1, 0.15) is 5.41 Å². The average molecular weight is 563 g/mol. The number of rotatable bonds is 2. The third-order valence-electron chi connectivity index (χ3n) is 9.95. The molecule has 0 aliphatic heterocycles. The van der Waals surface area contributed by atoms with Gasteiger partial charge in [0.2, 0.25) is 0 Å². The number of hydrogen-bond donors (Lipinski definition) is 0. The van der Waals surface area contributed by atoms with Crippen molar-refractivity contribution in [2.45, 2.75) is 24.7 Å². The zero-order valence-electron chi connectivity index (χ0n) is 24.8. The molecule has 44 heavy (non-hydrogen) atoms. The van der Waals surface area contributed by atoms with Crippen molar-refractivity contribution in [2.75, 3.05) is 0 Å². The summed E-state index contributed by atoms with van der Waals surface area (Å²) in [4.78, 5) is 11.2. The lowest BCUT2D eigenvalue weighted by atomic mass is 9.56. The summed E-state index contributed by atoms with van der Waals surface area (Å²) >= 11 is 0. The fourth-order valence-electron chi connectivity index (χ4n) is 7.82. The highest BCUT2D eigenvalue weighted by Gasteiger charge is 2.50. The van der Waals surface area contributed by atoms with Gasteiger partial charge < -0.3 is 0 Å². The van der Waals surface area contributed by atoms with E-state index < -0.39 is 5.41 Å². The number of hydrogen-bond acceptors (Lipinski definition) is 2. The van der Waals surface area contributed by atoms with Crippen LogP contribution in [0.3, 0.4) is 0 Å². The zero-order chi connectivity index (χ0) is 29.5. The summed E-state index contributed by atoms with van der Waals surface area (Å²) in [5, 5.41) is 6.99. The van der Waals surface area contributed by atoms with E-state index in [1.165, 1.54) is 33.0 Å². The maximum atomic E-state index is 5.62. The molecule has 0 spiro atoms. The molecule has 2 nitrogen and oxygen atoms in total. The third kappa shape index (κ3) is 3.31. The Morgan fingerprint density at radius 3 is 1.20 bits per heavy atom. The van der Waals surface area contributed by atoms with Crippen molar-refractivity contribution in [3.8, 4) is 0 Å². The molecule has 0 saturated carbocycles. The van der Waals surface area contributed by atoms with Crippen LogP contribution in [0.25, 0.3) is 43.4 Å². The third-order valence-corrected chi connectivity index (χ3v) is 9.95. The van der Waals surface area contributed by atoms with Crippen LogP contribution in [-0.4, -0.2) is 9.97 Å². The molecule has 8 aromatic rings. The smallest absolute Gasteiger partial charge is 0.105 e. The summed E-state index contributed by atoms with van der Waals surface area (Å²) in [5.41, 5.74) is 8.19. The predicted octanol–water partition coefficient (Wildman–Crippen LogP) is 10.1. The van der Waals surface area contributed by atoms with E-state index in [1.807, 2.05) is 0 Å². The number of fused-ring (bicyclic) bond motifs is 8. The van der Waals surface area contributed by atoms with Crippen LogP contribution in [0.15, 0.2) is 146 Å². The first-order valence-electron chi connectivity index (χ1n) is 15.3. The van der Waals surface area contributed by atoms with Gasteiger partial charge in [-0.2, -0.15) is 0 Å². The van der Waals surface area contributed by atoms with E-state index in [4.69, 9.17) is 9.97 Å². The minimum absolute atomic E-state index is 0.191. The molecule has 1 aliphatic rings. The Morgan fingerprint density at radius 2 is 0.727 bits per heavy atom. The molecule has 6 aromatic carbocycles. The van der Waals surface area contributed by atoms with Crippen molar-refractivity contribution in [2.24, 2.45) is 0 Å². The van der Waals surface area contributed by atoms with Crippen LogP contribution >= 0.6 is 0 Å². The molecule has 9 rings (SSSR count). The second-order valence-electron chi connectivity index (χ2n) is 12.6. The Bertz CT molecular complexity index is 2260. The first kappa shape index (κ1) is 25.2. The van der Waals surface area contributed by atoms with E-state index in [9.17, 15) is 0 Å². The highest BCUT2D eigenvalue weighted by atomic mass is 14.8. The van der Waals surface area contributed by atoms with Crippen LogP contribution < -0.4 is 0 Å². The number of aromatic nitrogens is 2. The molecule has 2 heteroatoms. The molecule has 0 radical (unpaired) electrons. The van der Waals surface area contributed by atoms with Crippen molar-refractivity contribution in [3.63, 3.8) is 0 Å². The van der Waals surface area contributed by atoms with Gasteiger partial charge in [-0.15, -0.1) is 0 Å². The van der Waals surface area contributed by atoms with Crippen LogP contribution in [0, 0.1) is 0 Å². The highest BCUT2D eigenvalue weighted by Crippen LogP contribution is 2.55. The van der Waals surface area contributed by atoms with Crippen molar-refractivity contribution in [1.29, 1.82) is 0 Å². The molecule has 0 amide bonds.